The molecule has 9 nitrogen and oxygen atoms in total. The minimum absolute atomic E-state index is 0.0343. The first kappa shape index (κ1) is 31.7. The van der Waals surface area contributed by atoms with Gasteiger partial charge in [0.1, 0.15) is 6.61 Å². The van der Waals surface area contributed by atoms with Crippen LogP contribution in [0.4, 0.5) is 4.79 Å². The third-order valence-electron chi connectivity index (χ3n) is 7.38. The van der Waals surface area contributed by atoms with Gasteiger partial charge in [0.25, 0.3) is 20.2 Å². The van der Waals surface area contributed by atoms with E-state index in [9.17, 15) is 21.6 Å². The molecule has 226 valence electrons. The molecule has 3 aromatic rings. The lowest BCUT2D eigenvalue weighted by Crippen LogP contribution is -2.34. The van der Waals surface area contributed by atoms with Crippen LogP contribution >= 0.6 is 0 Å². The second kappa shape index (κ2) is 14.3. The zero-order valence-corrected chi connectivity index (χ0v) is 25.3. The molecule has 0 bridgehead atoms. The molecule has 0 radical (unpaired) electrons. The number of carbonyl (C=O) groups excluding carboxylic acids is 1. The van der Waals surface area contributed by atoms with Crippen molar-refractivity contribution < 1.29 is 39.5 Å². The molecule has 3 aromatic carbocycles. The van der Waals surface area contributed by atoms with Crippen LogP contribution in [-0.4, -0.2) is 42.8 Å². The minimum Gasteiger partial charge on any atom is -0.434 e. The predicted octanol–water partition coefficient (Wildman–Crippen LogP) is 5.80. The molecule has 0 unspecified atom stereocenters. The number of carbonyl (C=O) groups is 1. The molecule has 0 aliphatic heterocycles. The van der Waals surface area contributed by atoms with Gasteiger partial charge in [0.2, 0.25) is 0 Å². The van der Waals surface area contributed by atoms with E-state index in [1.54, 1.807) is 24.3 Å². The molecule has 1 aliphatic rings. The largest absolute Gasteiger partial charge is 0.508 e. The fraction of sp³-hybridized carbons (Fsp3) is 0.387. The lowest BCUT2D eigenvalue weighted by molar-refractivity contribution is 0.00896. The monoisotopic (exact) mass is 616 g/mol. The molecule has 1 fully saturated rings. The highest BCUT2D eigenvalue weighted by molar-refractivity contribution is 7.87. The highest BCUT2D eigenvalue weighted by atomic mass is 32.2. The number of hydrogen-bond acceptors (Lipinski definition) is 9. The van der Waals surface area contributed by atoms with Crippen LogP contribution in [0.25, 0.3) is 0 Å². The van der Waals surface area contributed by atoms with Crippen LogP contribution in [0.15, 0.2) is 88.7 Å². The molecule has 0 spiro atoms. The topological polar surface area (TPSA) is 122 Å². The van der Waals surface area contributed by atoms with Crippen molar-refractivity contribution in [1.82, 2.24) is 0 Å². The van der Waals surface area contributed by atoms with E-state index in [0.717, 1.165) is 16.7 Å². The summed E-state index contributed by atoms with van der Waals surface area (Å²) >= 11 is 0. The Morgan fingerprint density at radius 3 is 1.79 bits per heavy atom. The van der Waals surface area contributed by atoms with Crippen LogP contribution in [0, 0.1) is 31.6 Å². The summed E-state index contributed by atoms with van der Waals surface area (Å²) in [5, 5.41) is 0. The van der Waals surface area contributed by atoms with E-state index in [1.165, 1.54) is 24.3 Å². The smallest absolute Gasteiger partial charge is 0.434 e. The Hall–Kier alpha value is -3.25. The van der Waals surface area contributed by atoms with Gasteiger partial charge in [0, 0.05) is 0 Å². The van der Waals surface area contributed by atoms with E-state index in [-0.39, 0.29) is 54.0 Å². The molecule has 0 saturated heterocycles. The van der Waals surface area contributed by atoms with Gasteiger partial charge in [0.15, 0.2) is 0 Å². The average Bonchev–Trinajstić information content (AvgIpc) is 2.98. The van der Waals surface area contributed by atoms with Gasteiger partial charge in [-0.1, -0.05) is 65.7 Å². The average molecular weight is 617 g/mol. The molecular formula is C31H36O9S2. The Labute approximate surface area is 248 Å². The Kier molecular flexibility index (Phi) is 10.8. The molecule has 4 rings (SSSR count). The zero-order chi connectivity index (χ0) is 30.2. The van der Waals surface area contributed by atoms with Gasteiger partial charge in [0.05, 0.1) is 29.6 Å². The van der Waals surface area contributed by atoms with Crippen molar-refractivity contribution in [3.8, 4) is 0 Å². The second-order valence-corrected chi connectivity index (χ2v) is 13.9. The highest BCUT2D eigenvalue weighted by Gasteiger charge is 2.34. The Morgan fingerprint density at radius 2 is 1.21 bits per heavy atom. The number of rotatable bonds is 12. The van der Waals surface area contributed by atoms with E-state index >= 15 is 0 Å². The summed E-state index contributed by atoms with van der Waals surface area (Å²) in [5.74, 6) is -0.701. The van der Waals surface area contributed by atoms with Gasteiger partial charge in [-0.25, -0.2) is 4.79 Å². The van der Waals surface area contributed by atoms with E-state index in [0.29, 0.717) is 19.3 Å². The predicted molar refractivity (Wildman–Crippen MR) is 156 cm³/mol. The van der Waals surface area contributed by atoms with Crippen molar-refractivity contribution in [1.29, 1.82) is 0 Å². The number of hydrogen-bond donors (Lipinski definition) is 0. The van der Waals surface area contributed by atoms with Gasteiger partial charge in [-0.15, -0.1) is 0 Å². The summed E-state index contributed by atoms with van der Waals surface area (Å²) in [4.78, 5) is 12.5. The molecule has 0 heterocycles. The molecule has 0 amide bonds. The van der Waals surface area contributed by atoms with Gasteiger partial charge >= 0.3 is 6.16 Å². The quantitative estimate of drug-likeness (QED) is 0.184. The molecule has 0 N–H and O–H groups in total. The fourth-order valence-electron chi connectivity index (χ4n) is 4.84. The molecule has 1 saturated carbocycles. The Bertz CT molecular complexity index is 1520. The standard InChI is InChI=1S/C31H36O9S2/c1-23-8-14-29(15-9-23)41(33,34)39-20-26-12-13-27(22-40-42(35,36)30-16-10-24(2)11-17-30)28(18-26)21-38-31(32)37-19-25-6-4-3-5-7-25/h3-11,14-17,26-28H,12-13,18-22H2,1-2H3/t26-,27-,28+/m0/s1. The van der Waals surface area contributed by atoms with Gasteiger partial charge < -0.3 is 9.47 Å². The van der Waals surface area contributed by atoms with Crippen LogP contribution in [0.2, 0.25) is 0 Å². The maximum absolute atomic E-state index is 12.8. The third kappa shape index (κ3) is 9.12. The Morgan fingerprint density at radius 1 is 0.667 bits per heavy atom. The SMILES string of the molecule is Cc1ccc(S(=O)(=O)OC[C@H]2CC[C@@H](COS(=O)(=O)c3ccc(C)cc3)[C@@H](COC(=O)OCc3ccccc3)C2)cc1. The Balaban J connectivity index is 1.38. The fourth-order valence-corrected chi connectivity index (χ4v) is 6.78. The summed E-state index contributed by atoms with van der Waals surface area (Å²) < 4.78 is 72.5. The second-order valence-electron chi connectivity index (χ2n) is 10.6. The zero-order valence-electron chi connectivity index (χ0n) is 23.7. The van der Waals surface area contributed by atoms with E-state index < -0.39 is 26.4 Å². The molecule has 11 heteroatoms. The van der Waals surface area contributed by atoms with Crippen molar-refractivity contribution >= 4 is 26.4 Å². The third-order valence-corrected chi connectivity index (χ3v) is 9.97. The van der Waals surface area contributed by atoms with E-state index in [2.05, 4.69) is 0 Å². The first-order valence-corrected chi connectivity index (χ1v) is 16.6. The summed E-state index contributed by atoms with van der Waals surface area (Å²) in [7, 11) is -7.92. The summed E-state index contributed by atoms with van der Waals surface area (Å²) in [6.45, 7) is 3.61. The van der Waals surface area contributed by atoms with Crippen LogP contribution in [0.5, 0.6) is 0 Å². The lowest BCUT2D eigenvalue weighted by Gasteiger charge is -2.35. The van der Waals surface area contributed by atoms with Crippen LogP contribution < -0.4 is 0 Å². The highest BCUT2D eigenvalue weighted by Crippen LogP contribution is 2.36. The molecule has 1 aliphatic carbocycles. The summed E-state index contributed by atoms with van der Waals surface area (Å²) in [6.07, 6.45) is 0.742. The van der Waals surface area contributed by atoms with Crippen LogP contribution in [0.1, 0.15) is 36.0 Å². The first-order chi connectivity index (χ1) is 20.0. The normalized spacial score (nSPS) is 19.2. The molecule has 0 aromatic heterocycles. The van der Waals surface area contributed by atoms with Gasteiger partial charge in [-0.05, 0) is 80.7 Å². The number of ether oxygens (including phenoxy) is 2. The van der Waals surface area contributed by atoms with Crippen molar-refractivity contribution in [3.63, 3.8) is 0 Å². The van der Waals surface area contributed by atoms with Crippen molar-refractivity contribution in [3.05, 3.63) is 95.6 Å². The lowest BCUT2D eigenvalue weighted by atomic mass is 9.75. The van der Waals surface area contributed by atoms with Gasteiger partial charge in [-0.3, -0.25) is 8.37 Å². The van der Waals surface area contributed by atoms with Crippen LogP contribution in [0.3, 0.4) is 0 Å². The van der Waals surface area contributed by atoms with Crippen LogP contribution in [-0.2, 0) is 44.7 Å². The number of aryl methyl sites for hydroxylation is 2. The summed E-state index contributed by atoms with van der Waals surface area (Å²) in [6, 6.07) is 22.0. The molecular weight excluding hydrogens is 580 g/mol. The number of benzene rings is 3. The first-order valence-electron chi connectivity index (χ1n) is 13.8. The molecule has 3 atom stereocenters. The molecule has 42 heavy (non-hydrogen) atoms. The van der Waals surface area contributed by atoms with Crippen molar-refractivity contribution in [2.75, 3.05) is 19.8 Å². The summed E-state index contributed by atoms with van der Waals surface area (Å²) in [5.41, 5.74) is 2.67. The van der Waals surface area contributed by atoms with E-state index in [4.69, 9.17) is 17.8 Å². The maximum atomic E-state index is 12.8. The van der Waals surface area contributed by atoms with E-state index in [1.807, 2.05) is 44.2 Å². The maximum Gasteiger partial charge on any atom is 0.508 e. The minimum atomic E-state index is -3.98. The van der Waals surface area contributed by atoms with Gasteiger partial charge in [-0.2, -0.15) is 16.8 Å². The van der Waals surface area contributed by atoms with Crippen molar-refractivity contribution in [2.24, 2.45) is 17.8 Å². The van der Waals surface area contributed by atoms with Crippen molar-refractivity contribution in [2.45, 2.75) is 49.5 Å².